The number of nitrogens with zero attached hydrogens (tertiary/aromatic N) is 4. The summed E-state index contributed by atoms with van der Waals surface area (Å²) in [5.41, 5.74) is 2.20. The van der Waals surface area contributed by atoms with E-state index in [9.17, 15) is 13.2 Å². The molecule has 0 unspecified atom stereocenters. The van der Waals surface area contributed by atoms with Gasteiger partial charge in [0.2, 0.25) is 0 Å². The molecule has 0 aliphatic rings. The van der Waals surface area contributed by atoms with E-state index in [0.717, 1.165) is 0 Å². The highest BCUT2D eigenvalue weighted by Gasteiger charge is 2.32. The summed E-state index contributed by atoms with van der Waals surface area (Å²) in [5, 5.41) is 0. The van der Waals surface area contributed by atoms with Crippen LogP contribution in [0.4, 0.5) is 13.2 Å². The largest absolute Gasteiger partial charge is 0.573 e. The van der Waals surface area contributed by atoms with Crippen molar-refractivity contribution in [1.29, 1.82) is 0 Å². The lowest BCUT2D eigenvalue weighted by Crippen LogP contribution is -2.17. The molecule has 2 heterocycles. The van der Waals surface area contributed by atoms with E-state index in [0.29, 0.717) is 34.0 Å². The maximum absolute atomic E-state index is 12.7. The number of alkyl halides is 3. The number of halogens is 3. The van der Waals surface area contributed by atoms with Crippen LogP contribution in [-0.4, -0.2) is 26.3 Å². The Labute approximate surface area is 163 Å². The Morgan fingerprint density at radius 1 is 0.690 bits per heavy atom. The predicted molar refractivity (Wildman–Crippen MR) is 101 cm³/mol. The molecule has 8 heteroatoms. The quantitative estimate of drug-likeness (QED) is 0.478. The van der Waals surface area contributed by atoms with Gasteiger partial charge in [-0.15, -0.1) is 13.2 Å². The van der Waals surface area contributed by atoms with Crippen molar-refractivity contribution in [2.45, 2.75) is 6.36 Å². The Hall–Kier alpha value is -3.81. The first kappa shape index (κ1) is 18.5. The zero-order chi connectivity index (χ0) is 20.3. The smallest absolute Gasteiger partial charge is 0.405 e. The highest BCUT2D eigenvalue weighted by Crippen LogP contribution is 2.35. The van der Waals surface area contributed by atoms with Gasteiger partial charge in [-0.1, -0.05) is 36.4 Å². The summed E-state index contributed by atoms with van der Waals surface area (Å²) in [6.45, 7) is 0. The molecule has 144 valence electrons. The molecule has 0 N–H and O–H groups in total. The SMILES string of the molecule is FC(F)(F)Oc1ccccc1-c1cccc(-c2ccnc(-c3ncccn3)n2)c1. The van der Waals surface area contributed by atoms with Gasteiger partial charge >= 0.3 is 6.36 Å². The molecule has 0 radical (unpaired) electrons. The van der Waals surface area contributed by atoms with Crippen molar-refractivity contribution in [3.05, 3.63) is 79.3 Å². The molecular weight excluding hydrogens is 381 g/mol. The van der Waals surface area contributed by atoms with Gasteiger partial charge in [-0.05, 0) is 29.8 Å². The van der Waals surface area contributed by atoms with Crippen LogP contribution in [0.25, 0.3) is 34.0 Å². The van der Waals surface area contributed by atoms with Crippen LogP contribution in [0.5, 0.6) is 5.75 Å². The minimum atomic E-state index is -4.77. The van der Waals surface area contributed by atoms with Gasteiger partial charge in [-0.2, -0.15) is 0 Å². The molecule has 5 nitrogen and oxygen atoms in total. The number of aromatic nitrogens is 4. The summed E-state index contributed by atoms with van der Waals surface area (Å²) in [6.07, 6.45) is -0.000491. The van der Waals surface area contributed by atoms with Crippen LogP contribution in [0.2, 0.25) is 0 Å². The molecular formula is C21H13F3N4O. The minimum absolute atomic E-state index is 0.266. The normalized spacial score (nSPS) is 11.3. The molecule has 0 bridgehead atoms. The number of rotatable bonds is 4. The fourth-order valence-corrected chi connectivity index (χ4v) is 2.81. The molecule has 0 saturated carbocycles. The van der Waals surface area contributed by atoms with Crippen LogP contribution in [0.3, 0.4) is 0 Å². The van der Waals surface area contributed by atoms with Gasteiger partial charge in [-0.3, -0.25) is 0 Å². The molecule has 4 rings (SSSR count). The van der Waals surface area contributed by atoms with Crippen LogP contribution in [0, 0.1) is 0 Å². The molecule has 0 aliphatic carbocycles. The topological polar surface area (TPSA) is 60.8 Å². The molecule has 0 saturated heterocycles. The van der Waals surface area contributed by atoms with E-state index < -0.39 is 6.36 Å². The van der Waals surface area contributed by atoms with Gasteiger partial charge in [0.05, 0.1) is 5.69 Å². The maximum Gasteiger partial charge on any atom is 0.573 e. The zero-order valence-corrected chi connectivity index (χ0v) is 14.8. The van der Waals surface area contributed by atoms with Gasteiger partial charge in [0, 0.05) is 29.7 Å². The van der Waals surface area contributed by atoms with Crippen LogP contribution >= 0.6 is 0 Å². The molecule has 0 atom stereocenters. The Kier molecular flexibility index (Phi) is 4.90. The third-order valence-corrected chi connectivity index (χ3v) is 4.00. The van der Waals surface area contributed by atoms with Gasteiger partial charge in [0.25, 0.3) is 0 Å². The average molecular weight is 394 g/mol. The van der Waals surface area contributed by atoms with Crippen molar-refractivity contribution >= 4 is 0 Å². The molecule has 29 heavy (non-hydrogen) atoms. The number of ether oxygens (including phenoxy) is 1. The fourth-order valence-electron chi connectivity index (χ4n) is 2.81. The van der Waals surface area contributed by atoms with Crippen LogP contribution in [-0.2, 0) is 0 Å². The number of benzene rings is 2. The van der Waals surface area contributed by atoms with Crippen molar-refractivity contribution in [1.82, 2.24) is 19.9 Å². The first-order valence-corrected chi connectivity index (χ1v) is 8.56. The van der Waals surface area contributed by atoms with Crippen molar-refractivity contribution in [2.75, 3.05) is 0 Å². The summed E-state index contributed by atoms with van der Waals surface area (Å²) in [6, 6.07) is 16.4. The van der Waals surface area contributed by atoms with E-state index in [1.165, 1.54) is 12.1 Å². The molecule has 0 spiro atoms. The summed E-state index contributed by atoms with van der Waals surface area (Å²) in [5.74, 6) is 0.474. The van der Waals surface area contributed by atoms with Crippen molar-refractivity contribution < 1.29 is 17.9 Å². The third kappa shape index (κ3) is 4.37. The zero-order valence-electron chi connectivity index (χ0n) is 14.8. The second kappa shape index (κ2) is 7.67. The second-order valence-electron chi connectivity index (χ2n) is 5.96. The van der Waals surface area contributed by atoms with Crippen molar-refractivity contribution in [3.63, 3.8) is 0 Å². The van der Waals surface area contributed by atoms with Crippen molar-refractivity contribution in [2.24, 2.45) is 0 Å². The standard InChI is InChI=1S/C21H13F3N4O/c22-21(23,24)29-18-8-2-1-7-16(18)14-5-3-6-15(13-14)17-9-12-27-20(28-17)19-25-10-4-11-26-19/h1-13H. The van der Waals surface area contributed by atoms with Crippen LogP contribution in [0.1, 0.15) is 0 Å². The Bertz CT molecular complexity index is 1130. The second-order valence-corrected chi connectivity index (χ2v) is 5.96. The highest BCUT2D eigenvalue weighted by atomic mass is 19.4. The Balaban J connectivity index is 1.73. The van der Waals surface area contributed by atoms with Crippen LogP contribution < -0.4 is 4.74 Å². The molecule has 0 amide bonds. The van der Waals surface area contributed by atoms with Gasteiger partial charge in [-0.25, -0.2) is 19.9 Å². The summed E-state index contributed by atoms with van der Waals surface area (Å²) in [4.78, 5) is 16.9. The van der Waals surface area contributed by atoms with Gasteiger partial charge < -0.3 is 4.74 Å². The lowest BCUT2D eigenvalue weighted by molar-refractivity contribution is -0.274. The average Bonchev–Trinajstić information content (AvgIpc) is 2.74. The molecule has 4 aromatic rings. The van der Waals surface area contributed by atoms with E-state index in [2.05, 4.69) is 24.7 Å². The number of hydrogen-bond acceptors (Lipinski definition) is 5. The first-order chi connectivity index (χ1) is 14.0. The van der Waals surface area contributed by atoms with E-state index in [1.807, 2.05) is 6.07 Å². The lowest BCUT2D eigenvalue weighted by Gasteiger charge is -2.14. The summed E-state index contributed by atoms with van der Waals surface area (Å²) >= 11 is 0. The Morgan fingerprint density at radius 2 is 1.41 bits per heavy atom. The minimum Gasteiger partial charge on any atom is -0.405 e. The van der Waals surface area contributed by atoms with Gasteiger partial charge in [0.1, 0.15) is 5.75 Å². The van der Waals surface area contributed by atoms with E-state index >= 15 is 0 Å². The van der Waals surface area contributed by atoms with E-state index in [4.69, 9.17) is 0 Å². The molecule has 0 aliphatic heterocycles. The Morgan fingerprint density at radius 3 is 2.21 bits per heavy atom. The summed E-state index contributed by atoms with van der Waals surface area (Å²) < 4.78 is 42.4. The lowest BCUT2D eigenvalue weighted by atomic mass is 10.0. The fraction of sp³-hybridized carbons (Fsp3) is 0.0476. The highest BCUT2D eigenvalue weighted by molar-refractivity contribution is 5.75. The molecule has 2 aromatic carbocycles. The number of para-hydroxylation sites is 1. The monoisotopic (exact) mass is 394 g/mol. The predicted octanol–water partition coefficient (Wildman–Crippen LogP) is 5.17. The molecule has 0 fully saturated rings. The summed E-state index contributed by atoms with van der Waals surface area (Å²) in [7, 11) is 0. The van der Waals surface area contributed by atoms with E-state index in [-0.39, 0.29) is 5.75 Å². The first-order valence-electron chi connectivity index (χ1n) is 8.56. The van der Waals surface area contributed by atoms with Crippen LogP contribution in [0.15, 0.2) is 79.3 Å². The van der Waals surface area contributed by atoms with E-state index in [1.54, 1.807) is 61.1 Å². The van der Waals surface area contributed by atoms with Gasteiger partial charge in [0.15, 0.2) is 11.6 Å². The number of hydrogen-bond donors (Lipinski definition) is 0. The van der Waals surface area contributed by atoms with Crippen molar-refractivity contribution in [3.8, 4) is 39.8 Å². The third-order valence-electron chi connectivity index (χ3n) is 4.00. The molecule has 2 aromatic heterocycles. The maximum atomic E-state index is 12.7.